The minimum absolute atomic E-state index is 0.181. The molecule has 4 fully saturated rings. The standard InChI is InChI=1S/C30H55NO21/c31-5-3-1-2-4-6-45-27-21(42)17(38)24(12(8-33)47-27)51-29-23(44)19(40)26(14(10-35)49-29)52-30-22(43)18(39)25(13(9-34)48-30)50-28-20(41)16(37)15(36)11(7-32)46-28/h11-30,32-44H,1-10,31H2. The molecule has 4 heterocycles. The molecule has 0 aromatic heterocycles. The fourth-order valence-electron chi connectivity index (χ4n) is 6.47. The van der Waals surface area contributed by atoms with Gasteiger partial charge in [0, 0.05) is 6.61 Å². The number of hydrogen-bond acceptors (Lipinski definition) is 22. The molecule has 4 aliphatic heterocycles. The maximum atomic E-state index is 11.0. The Hall–Kier alpha value is -0.880. The normalized spacial score (nSPS) is 47.4. The second kappa shape index (κ2) is 20.3. The molecule has 0 aliphatic carbocycles. The van der Waals surface area contributed by atoms with Crippen molar-refractivity contribution in [3.05, 3.63) is 0 Å². The van der Waals surface area contributed by atoms with Gasteiger partial charge in [-0.3, -0.25) is 0 Å². The highest BCUT2D eigenvalue weighted by molar-refractivity contribution is 4.97. The van der Waals surface area contributed by atoms with Crippen LogP contribution >= 0.6 is 0 Å². The maximum Gasteiger partial charge on any atom is 0.187 e. The summed E-state index contributed by atoms with van der Waals surface area (Å²) in [6.45, 7) is -2.54. The fourth-order valence-corrected chi connectivity index (χ4v) is 6.47. The Morgan fingerprint density at radius 1 is 0.385 bits per heavy atom. The molecular weight excluding hydrogens is 710 g/mol. The molecule has 0 spiro atoms. The molecule has 52 heavy (non-hydrogen) atoms. The minimum Gasteiger partial charge on any atom is -0.394 e. The van der Waals surface area contributed by atoms with E-state index in [0.29, 0.717) is 13.0 Å². The molecule has 20 unspecified atom stereocenters. The number of hydrogen-bond donors (Lipinski definition) is 14. The van der Waals surface area contributed by atoms with Gasteiger partial charge in [0.15, 0.2) is 25.2 Å². The topological polar surface area (TPSA) is 363 Å². The van der Waals surface area contributed by atoms with Crippen LogP contribution < -0.4 is 5.73 Å². The van der Waals surface area contributed by atoms with Gasteiger partial charge < -0.3 is 110 Å². The van der Waals surface area contributed by atoms with Crippen molar-refractivity contribution in [1.82, 2.24) is 0 Å². The Kier molecular flexibility index (Phi) is 17.1. The van der Waals surface area contributed by atoms with Gasteiger partial charge in [0.2, 0.25) is 0 Å². The molecule has 22 nitrogen and oxygen atoms in total. The molecule has 0 amide bonds. The van der Waals surface area contributed by atoms with Crippen LogP contribution in [0.3, 0.4) is 0 Å². The van der Waals surface area contributed by atoms with E-state index < -0.39 is 149 Å². The molecule has 306 valence electrons. The lowest BCUT2D eigenvalue weighted by Gasteiger charge is -2.49. The van der Waals surface area contributed by atoms with Crippen LogP contribution in [0.15, 0.2) is 0 Å². The summed E-state index contributed by atoms with van der Waals surface area (Å²) in [4.78, 5) is 0. The molecule has 0 radical (unpaired) electrons. The molecule has 15 N–H and O–H groups in total. The number of unbranched alkanes of at least 4 members (excludes halogenated alkanes) is 3. The summed E-state index contributed by atoms with van der Waals surface area (Å²) in [5.41, 5.74) is 5.48. The summed E-state index contributed by atoms with van der Waals surface area (Å²) in [6.07, 6.45) is -31.0. The Morgan fingerprint density at radius 2 is 0.731 bits per heavy atom. The molecule has 4 saturated heterocycles. The van der Waals surface area contributed by atoms with Crippen LogP contribution in [-0.4, -0.2) is 229 Å². The van der Waals surface area contributed by atoms with Crippen molar-refractivity contribution in [2.75, 3.05) is 39.6 Å². The van der Waals surface area contributed by atoms with Gasteiger partial charge in [-0.15, -0.1) is 0 Å². The van der Waals surface area contributed by atoms with E-state index in [2.05, 4.69) is 0 Å². The predicted molar refractivity (Wildman–Crippen MR) is 165 cm³/mol. The monoisotopic (exact) mass is 765 g/mol. The molecule has 4 rings (SSSR count). The third-order valence-electron chi connectivity index (χ3n) is 9.56. The average molecular weight is 766 g/mol. The third kappa shape index (κ3) is 9.91. The van der Waals surface area contributed by atoms with Gasteiger partial charge in [-0.1, -0.05) is 12.8 Å². The van der Waals surface area contributed by atoms with Crippen LogP contribution in [-0.2, 0) is 37.9 Å². The van der Waals surface area contributed by atoms with E-state index in [9.17, 15) is 66.4 Å². The highest BCUT2D eigenvalue weighted by atomic mass is 16.8. The van der Waals surface area contributed by atoms with Gasteiger partial charge in [-0.2, -0.15) is 0 Å². The van der Waals surface area contributed by atoms with Crippen LogP contribution in [0.25, 0.3) is 0 Å². The highest BCUT2D eigenvalue weighted by Gasteiger charge is 2.55. The zero-order valence-electron chi connectivity index (χ0n) is 28.3. The average Bonchev–Trinajstić information content (AvgIpc) is 3.14. The van der Waals surface area contributed by atoms with Crippen LogP contribution in [0.1, 0.15) is 25.7 Å². The quantitative estimate of drug-likeness (QED) is 0.0611. The van der Waals surface area contributed by atoms with E-state index in [4.69, 9.17) is 43.6 Å². The Labute approximate surface area is 298 Å². The Balaban J connectivity index is 1.37. The maximum absolute atomic E-state index is 11.0. The van der Waals surface area contributed by atoms with Crippen molar-refractivity contribution in [3.8, 4) is 0 Å². The van der Waals surface area contributed by atoms with Crippen LogP contribution in [0.4, 0.5) is 0 Å². The van der Waals surface area contributed by atoms with Gasteiger partial charge in [-0.25, -0.2) is 0 Å². The zero-order chi connectivity index (χ0) is 38.3. The van der Waals surface area contributed by atoms with E-state index in [0.717, 1.165) is 19.3 Å². The molecule has 20 atom stereocenters. The van der Waals surface area contributed by atoms with Crippen molar-refractivity contribution in [1.29, 1.82) is 0 Å². The Bertz CT molecular complexity index is 1030. The summed E-state index contributed by atoms with van der Waals surface area (Å²) < 4.78 is 44.4. The smallest absolute Gasteiger partial charge is 0.187 e. The Morgan fingerprint density at radius 3 is 1.13 bits per heavy atom. The summed E-state index contributed by atoms with van der Waals surface area (Å²) in [5.74, 6) is 0. The number of aliphatic hydroxyl groups is 13. The van der Waals surface area contributed by atoms with Gasteiger partial charge >= 0.3 is 0 Å². The lowest BCUT2D eigenvalue weighted by Crippen LogP contribution is -2.67. The first-order valence-corrected chi connectivity index (χ1v) is 17.3. The number of aliphatic hydroxyl groups excluding tert-OH is 13. The van der Waals surface area contributed by atoms with E-state index in [1.807, 2.05) is 0 Å². The summed E-state index contributed by atoms with van der Waals surface area (Å²) >= 11 is 0. The second-order valence-corrected chi connectivity index (χ2v) is 13.2. The van der Waals surface area contributed by atoms with E-state index in [1.165, 1.54) is 0 Å². The SMILES string of the molecule is NCCCCCCOC1OC(CO)C(OC2OC(CO)C(OC3OC(CO)C(OC4OC(CO)C(O)C(O)C4O)C(O)C3O)C(O)C2O)C(O)C1O. The number of nitrogens with two attached hydrogens (primary N) is 1. The van der Waals surface area contributed by atoms with E-state index >= 15 is 0 Å². The molecule has 0 bridgehead atoms. The van der Waals surface area contributed by atoms with Gasteiger partial charge in [0.1, 0.15) is 97.7 Å². The predicted octanol–water partition coefficient (Wildman–Crippen LogP) is -8.21. The summed E-state index contributed by atoms with van der Waals surface area (Å²) in [6, 6.07) is 0. The molecule has 4 aliphatic rings. The van der Waals surface area contributed by atoms with Gasteiger partial charge in [0.25, 0.3) is 0 Å². The molecule has 0 aromatic carbocycles. The van der Waals surface area contributed by atoms with E-state index in [1.54, 1.807) is 0 Å². The van der Waals surface area contributed by atoms with Gasteiger partial charge in [0.05, 0.1) is 26.4 Å². The van der Waals surface area contributed by atoms with Crippen molar-refractivity contribution in [2.24, 2.45) is 5.73 Å². The van der Waals surface area contributed by atoms with Crippen LogP contribution in [0.5, 0.6) is 0 Å². The lowest BCUT2D eigenvalue weighted by molar-refractivity contribution is -0.388. The molecule has 0 aromatic rings. The highest BCUT2D eigenvalue weighted by Crippen LogP contribution is 2.34. The summed E-state index contributed by atoms with van der Waals surface area (Å²) in [7, 11) is 0. The third-order valence-corrected chi connectivity index (χ3v) is 9.56. The van der Waals surface area contributed by atoms with Crippen molar-refractivity contribution in [3.63, 3.8) is 0 Å². The van der Waals surface area contributed by atoms with Crippen molar-refractivity contribution >= 4 is 0 Å². The zero-order valence-corrected chi connectivity index (χ0v) is 28.3. The first kappa shape index (κ1) is 43.8. The number of ether oxygens (including phenoxy) is 8. The number of rotatable bonds is 17. The minimum atomic E-state index is -2.02. The fraction of sp³-hybridized carbons (Fsp3) is 1.00. The molecular formula is C30H55NO21. The van der Waals surface area contributed by atoms with Crippen molar-refractivity contribution in [2.45, 2.75) is 149 Å². The first-order valence-electron chi connectivity index (χ1n) is 17.3. The summed E-state index contributed by atoms with van der Waals surface area (Å²) in [5, 5.41) is 135. The largest absolute Gasteiger partial charge is 0.394 e. The molecule has 0 saturated carbocycles. The van der Waals surface area contributed by atoms with E-state index in [-0.39, 0.29) is 6.61 Å². The van der Waals surface area contributed by atoms with Crippen molar-refractivity contribution < 1.29 is 104 Å². The first-order chi connectivity index (χ1) is 24.8. The van der Waals surface area contributed by atoms with Gasteiger partial charge in [-0.05, 0) is 19.4 Å². The lowest BCUT2D eigenvalue weighted by atomic mass is 9.95. The van der Waals surface area contributed by atoms with Crippen LogP contribution in [0.2, 0.25) is 0 Å². The second-order valence-electron chi connectivity index (χ2n) is 13.2. The van der Waals surface area contributed by atoms with Crippen LogP contribution in [0, 0.1) is 0 Å². The molecule has 22 heteroatoms.